The van der Waals surface area contributed by atoms with E-state index in [0.29, 0.717) is 13.1 Å². The molecule has 1 rings (SSSR count). The maximum atomic E-state index is 12.0. The van der Waals surface area contributed by atoms with Crippen LogP contribution in [-0.2, 0) is 9.53 Å². The van der Waals surface area contributed by atoms with E-state index in [0.717, 1.165) is 31.7 Å². The van der Waals surface area contributed by atoms with Crippen molar-refractivity contribution in [3.63, 3.8) is 0 Å². The van der Waals surface area contributed by atoms with E-state index in [1.807, 2.05) is 42.3 Å². The van der Waals surface area contributed by atoms with Crippen LogP contribution in [0.5, 0.6) is 0 Å². The topological polar surface area (TPSA) is 41.6 Å². The van der Waals surface area contributed by atoms with Gasteiger partial charge >= 0.3 is 0 Å². The van der Waals surface area contributed by atoms with Crippen LogP contribution >= 0.6 is 0 Å². The van der Waals surface area contributed by atoms with Crippen LogP contribution in [0.4, 0.5) is 5.69 Å². The number of carbonyl (C=O) groups excluding carboxylic acids is 1. The predicted molar refractivity (Wildman–Crippen MR) is 202 cm³/mol. The fourth-order valence-electron chi connectivity index (χ4n) is 4.30. The van der Waals surface area contributed by atoms with Gasteiger partial charge in [-0.1, -0.05) is 181 Å². The average molecular weight is 603 g/mol. The maximum Gasteiger partial charge on any atom is 0.239 e. The lowest BCUT2D eigenvalue weighted by molar-refractivity contribution is -0.119. The SMILES string of the molecule is C.C.C.C.C.C.C.C.CCCCCCCCCCCCCCCCCCOCCCNC(=O)CN(C)c1ccccc1. The number of hydrogen-bond acceptors (Lipinski definition) is 3. The van der Waals surface area contributed by atoms with Gasteiger partial charge in [0.05, 0.1) is 6.54 Å². The standard InChI is InChI=1S/C30H54N2O2.8CH4/c1-3-4-5-6-7-8-9-10-11-12-13-14-15-16-17-21-26-34-27-22-25-31-30(33)28-32(2)29-23-19-18-20-24-29;;;;;;;;/h18-20,23-24H,3-17,21-22,25-28H2,1-2H3,(H,31,33);8*1H4. The van der Waals surface area contributed by atoms with Crippen molar-refractivity contribution in [2.45, 2.75) is 175 Å². The number of likely N-dealkylation sites (N-methyl/N-ethyl adjacent to an activating group) is 1. The molecule has 260 valence electrons. The second-order valence-electron chi connectivity index (χ2n) is 9.81. The van der Waals surface area contributed by atoms with Crippen molar-refractivity contribution in [1.82, 2.24) is 5.32 Å². The summed E-state index contributed by atoms with van der Waals surface area (Å²) in [6.07, 6.45) is 23.2. The summed E-state index contributed by atoms with van der Waals surface area (Å²) in [6.45, 7) is 4.93. The first-order chi connectivity index (χ1) is 16.7. The number of para-hydroxylation sites is 1. The average Bonchev–Trinajstić information content (AvgIpc) is 2.85. The first kappa shape index (κ1) is 59.8. The van der Waals surface area contributed by atoms with Gasteiger partial charge < -0.3 is 15.0 Å². The van der Waals surface area contributed by atoms with Crippen LogP contribution in [0.2, 0.25) is 0 Å². The van der Waals surface area contributed by atoms with E-state index in [1.165, 1.54) is 96.3 Å². The van der Waals surface area contributed by atoms with Gasteiger partial charge in [-0.05, 0) is 25.0 Å². The number of nitrogens with one attached hydrogen (secondary N) is 1. The number of ether oxygens (including phenoxy) is 1. The zero-order chi connectivity index (χ0) is 24.5. The third-order valence-electron chi connectivity index (χ3n) is 6.51. The summed E-state index contributed by atoms with van der Waals surface area (Å²) in [6, 6.07) is 9.98. The number of nitrogens with zero attached hydrogens (tertiary/aromatic N) is 1. The number of anilines is 1. The third-order valence-corrected chi connectivity index (χ3v) is 6.51. The van der Waals surface area contributed by atoms with Gasteiger partial charge in [0.2, 0.25) is 5.91 Å². The molecule has 0 aliphatic carbocycles. The van der Waals surface area contributed by atoms with Gasteiger partial charge in [0.1, 0.15) is 0 Å². The normalized spacial score (nSPS) is 8.90. The number of hydrogen-bond donors (Lipinski definition) is 1. The smallest absolute Gasteiger partial charge is 0.239 e. The van der Waals surface area contributed by atoms with Crippen molar-refractivity contribution in [3.8, 4) is 0 Å². The lowest BCUT2D eigenvalue weighted by Crippen LogP contribution is -2.35. The first-order valence-corrected chi connectivity index (χ1v) is 14.3. The number of benzene rings is 1. The minimum absolute atomic E-state index is 0. The van der Waals surface area contributed by atoms with Crippen molar-refractivity contribution < 1.29 is 9.53 Å². The largest absolute Gasteiger partial charge is 0.381 e. The summed E-state index contributed by atoms with van der Waals surface area (Å²) in [4.78, 5) is 14.0. The zero-order valence-corrected chi connectivity index (χ0v) is 22.5. The van der Waals surface area contributed by atoms with Crippen LogP contribution < -0.4 is 10.2 Å². The molecule has 0 bridgehead atoms. The van der Waals surface area contributed by atoms with E-state index in [9.17, 15) is 4.79 Å². The quantitative estimate of drug-likeness (QED) is 0.120. The van der Waals surface area contributed by atoms with Crippen molar-refractivity contribution in [2.75, 3.05) is 38.3 Å². The summed E-state index contributed by atoms with van der Waals surface area (Å²) in [7, 11) is 1.94. The second kappa shape index (κ2) is 46.4. The van der Waals surface area contributed by atoms with E-state index in [-0.39, 0.29) is 65.3 Å². The van der Waals surface area contributed by atoms with Gasteiger partial charge in [-0.15, -0.1) is 0 Å². The minimum atomic E-state index is 0. The van der Waals surface area contributed by atoms with E-state index in [4.69, 9.17) is 4.74 Å². The van der Waals surface area contributed by atoms with Crippen molar-refractivity contribution in [2.24, 2.45) is 0 Å². The first-order valence-electron chi connectivity index (χ1n) is 14.3. The minimum Gasteiger partial charge on any atom is -0.381 e. The molecule has 42 heavy (non-hydrogen) atoms. The molecule has 0 atom stereocenters. The molecule has 0 fully saturated rings. The predicted octanol–water partition coefficient (Wildman–Crippen LogP) is 13.0. The summed E-state index contributed by atoms with van der Waals surface area (Å²) in [5, 5.41) is 2.98. The van der Waals surface area contributed by atoms with E-state index >= 15 is 0 Å². The summed E-state index contributed by atoms with van der Waals surface area (Å²) in [5.74, 6) is 0.0594. The Morgan fingerprint density at radius 3 is 1.40 bits per heavy atom. The molecule has 4 heteroatoms. The zero-order valence-electron chi connectivity index (χ0n) is 22.5. The Kier molecular flexibility index (Phi) is 66.1. The van der Waals surface area contributed by atoms with E-state index in [2.05, 4.69) is 12.2 Å². The fraction of sp³-hybridized carbons (Fsp3) is 0.816. The Morgan fingerprint density at radius 1 is 0.595 bits per heavy atom. The molecular formula is C38H86N2O2. The fourth-order valence-corrected chi connectivity index (χ4v) is 4.30. The molecule has 1 aromatic rings. The van der Waals surface area contributed by atoms with Crippen LogP contribution in [0.3, 0.4) is 0 Å². The highest BCUT2D eigenvalue weighted by Gasteiger charge is 2.06. The maximum absolute atomic E-state index is 12.0. The van der Waals surface area contributed by atoms with Crippen LogP contribution in [0.1, 0.15) is 175 Å². The second-order valence-corrected chi connectivity index (χ2v) is 9.81. The monoisotopic (exact) mass is 603 g/mol. The molecule has 1 aromatic carbocycles. The van der Waals surface area contributed by atoms with Crippen LogP contribution in [0.15, 0.2) is 30.3 Å². The van der Waals surface area contributed by atoms with Gasteiger partial charge in [-0.25, -0.2) is 0 Å². The molecule has 0 aromatic heterocycles. The van der Waals surface area contributed by atoms with Crippen molar-refractivity contribution >= 4 is 11.6 Å². The lowest BCUT2D eigenvalue weighted by Gasteiger charge is -2.18. The molecule has 0 aliphatic heterocycles. The van der Waals surface area contributed by atoms with Gasteiger partial charge in [-0.2, -0.15) is 0 Å². The lowest BCUT2D eigenvalue weighted by atomic mass is 10.0. The van der Waals surface area contributed by atoms with Crippen LogP contribution in [-0.4, -0.2) is 39.3 Å². The van der Waals surface area contributed by atoms with Crippen LogP contribution in [0.25, 0.3) is 0 Å². The molecule has 1 N–H and O–H groups in total. The summed E-state index contributed by atoms with van der Waals surface area (Å²) < 4.78 is 5.72. The molecular weight excluding hydrogens is 516 g/mol. The third kappa shape index (κ3) is 38.5. The van der Waals surface area contributed by atoms with E-state index in [1.54, 1.807) is 0 Å². The highest BCUT2D eigenvalue weighted by atomic mass is 16.5. The van der Waals surface area contributed by atoms with Gasteiger partial charge in [0.25, 0.3) is 0 Å². The molecule has 1 amide bonds. The van der Waals surface area contributed by atoms with Crippen molar-refractivity contribution in [3.05, 3.63) is 30.3 Å². The number of rotatable bonds is 24. The van der Waals surface area contributed by atoms with Gasteiger partial charge in [-0.3, -0.25) is 4.79 Å². The van der Waals surface area contributed by atoms with Crippen LogP contribution in [0, 0.1) is 0 Å². The highest BCUT2D eigenvalue weighted by Crippen LogP contribution is 2.14. The molecule has 0 unspecified atom stereocenters. The molecule has 0 radical (unpaired) electrons. The molecule has 0 saturated heterocycles. The number of carbonyl (C=O) groups is 1. The summed E-state index contributed by atoms with van der Waals surface area (Å²) in [5.41, 5.74) is 1.06. The molecule has 0 saturated carbocycles. The Hall–Kier alpha value is -1.55. The van der Waals surface area contributed by atoms with E-state index < -0.39 is 0 Å². The van der Waals surface area contributed by atoms with Gasteiger partial charge in [0.15, 0.2) is 0 Å². The molecule has 0 spiro atoms. The van der Waals surface area contributed by atoms with Gasteiger partial charge in [0, 0.05) is 32.5 Å². The molecule has 0 heterocycles. The van der Waals surface area contributed by atoms with Crippen molar-refractivity contribution in [1.29, 1.82) is 0 Å². The molecule has 4 nitrogen and oxygen atoms in total. The number of unbranched alkanes of at least 4 members (excludes halogenated alkanes) is 15. The Balaban J connectivity index is -0.000000241. The highest BCUT2D eigenvalue weighted by molar-refractivity contribution is 5.81. The summed E-state index contributed by atoms with van der Waals surface area (Å²) >= 11 is 0. The Bertz CT molecular complexity index is 565. The number of amides is 1. The Labute approximate surface area is 270 Å². The Morgan fingerprint density at radius 2 is 0.976 bits per heavy atom. The molecule has 0 aliphatic rings.